The Kier molecular flexibility index (Phi) is 5.33. The summed E-state index contributed by atoms with van der Waals surface area (Å²) in [6, 6.07) is 6.90. The molecule has 0 spiro atoms. The van der Waals surface area contributed by atoms with Gasteiger partial charge in [0.25, 0.3) is 5.91 Å². The van der Waals surface area contributed by atoms with Crippen molar-refractivity contribution in [2.75, 3.05) is 20.2 Å². The zero-order valence-electron chi connectivity index (χ0n) is 14.4. The van der Waals surface area contributed by atoms with Gasteiger partial charge in [0.1, 0.15) is 12.3 Å². The Morgan fingerprint density at radius 1 is 1.28 bits per heavy atom. The average Bonchev–Trinajstić information content (AvgIpc) is 3.25. The van der Waals surface area contributed by atoms with Crippen LogP contribution in [0.5, 0.6) is 5.75 Å². The Hall–Kier alpha value is -2.41. The number of likely N-dealkylation sites (tertiary alicyclic amines) is 1. The van der Waals surface area contributed by atoms with Crippen molar-refractivity contribution in [3.8, 4) is 5.75 Å². The molecule has 132 valence electrons. The molecule has 0 unspecified atom stereocenters. The molecule has 1 aromatic carbocycles. The monoisotopic (exact) mass is 359 g/mol. The molecule has 0 N–H and O–H groups in total. The van der Waals surface area contributed by atoms with Gasteiger partial charge in [-0.2, -0.15) is 4.99 Å². The normalized spacial score (nSPS) is 14.8. The fourth-order valence-electron chi connectivity index (χ4n) is 2.82. The van der Waals surface area contributed by atoms with E-state index in [1.54, 1.807) is 35.9 Å². The molecule has 2 amide bonds. The number of carbonyl (C=O) groups excluding carboxylic acids is 2. The minimum atomic E-state index is -0.344. The topological polar surface area (TPSA) is 63.9 Å². The zero-order chi connectivity index (χ0) is 17.8. The molecule has 6 nitrogen and oxygen atoms in total. The second-order valence-electron chi connectivity index (χ2n) is 5.99. The van der Waals surface area contributed by atoms with E-state index < -0.39 is 0 Å². The molecule has 0 aliphatic carbocycles. The number of aromatic nitrogens is 1. The summed E-state index contributed by atoms with van der Waals surface area (Å²) < 4.78 is 6.91. The lowest BCUT2D eigenvalue weighted by Gasteiger charge is -2.15. The van der Waals surface area contributed by atoms with E-state index in [1.165, 1.54) is 11.3 Å². The largest absolute Gasteiger partial charge is 0.497 e. The van der Waals surface area contributed by atoms with Gasteiger partial charge in [0, 0.05) is 29.7 Å². The van der Waals surface area contributed by atoms with Crippen LogP contribution in [0, 0.1) is 6.92 Å². The van der Waals surface area contributed by atoms with Gasteiger partial charge in [-0.05, 0) is 38.0 Å². The standard InChI is InChI=1S/C18H21N3O3S/c1-13-11-21(12-16(22)20-8-3-4-9-20)18(25-13)19-17(23)14-6-5-7-15(10-14)24-2/h5-7,10-11H,3-4,8-9,12H2,1-2H3. The van der Waals surface area contributed by atoms with Gasteiger partial charge in [-0.3, -0.25) is 9.59 Å². The minimum absolute atomic E-state index is 0.0746. The Morgan fingerprint density at radius 3 is 2.76 bits per heavy atom. The third kappa shape index (κ3) is 4.17. The highest BCUT2D eigenvalue weighted by molar-refractivity contribution is 7.09. The molecule has 0 radical (unpaired) electrons. The summed E-state index contributed by atoms with van der Waals surface area (Å²) in [7, 11) is 1.56. The van der Waals surface area contributed by atoms with Gasteiger partial charge in [0.05, 0.1) is 7.11 Å². The van der Waals surface area contributed by atoms with Gasteiger partial charge in [-0.25, -0.2) is 0 Å². The van der Waals surface area contributed by atoms with Gasteiger partial charge >= 0.3 is 0 Å². The molecule has 3 rings (SSSR count). The average molecular weight is 359 g/mol. The number of aryl methyl sites for hydroxylation is 1. The van der Waals surface area contributed by atoms with Crippen LogP contribution in [0.3, 0.4) is 0 Å². The number of hydrogen-bond donors (Lipinski definition) is 0. The van der Waals surface area contributed by atoms with Gasteiger partial charge < -0.3 is 14.2 Å². The fourth-order valence-corrected chi connectivity index (χ4v) is 3.65. The summed E-state index contributed by atoms with van der Waals surface area (Å²) in [5.74, 6) is 0.342. The number of amides is 2. The number of hydrogen-bond acceptors (Lipinski definition) is 4. The molecule has 2 heterocycles. The van der Waals surface area contributed by atoms with Crippen molar-refractivity contribution in [1.29, 1.82) is 0 Å². The summed E-state index contributed by atoms with van der Waals surface area (Å²) in [5, 5.41) is 0. The Morgan fingerprint density at radius 2 is 2.04 bits per heavy atom. The molecular weight excluding hydrogens is 338 g/mol. The van der Waals surface area contributed by atoms with Crippen LogP contribution in [0.2, 0.25) is 0 Å². The number of rotatable bonds is 4. The van der Waals surface area contributed by atoms with Crippen LogP contribution >= 0.6 is 11.3 Å². The van der Waals surface area contributed by atoms with Crippen LogP contribution in [0.25, 0.3) is 0 Å². The molecule has 1 aliphatic heterocycles. The van der Waals surface area contributed by atoms with E-state index in [9.17, 15) is 9.59 Å². The number of nitrogens with zero attached hydrogens (tertiary/aromatic N) is 3. The molecule has 7 heteroatoms. The van der Waals surface area contributed by atoms with Gasteiger partial charge in [0.15, 0.2) is 4.80 Å². The van der Waals surface area contributed by atoms with E-state index in [0.29, 0.717) is 16.1 Å². The Balaban J connectivity index is 1.84. The Bertz CT molecular complexity index is 847. The molecule has 25 heavy (non-hydrogen) atoms. The van der Waals surface area contributed by atoms with E-state index in [2.05, 4.69) is 4.99 Å². The summed E-state index contributed by atoms with van der Waals surface area (Å²) in [5.41, 5.74) is 0.461. The molecule has 0 bridgehead atoms. The summed E-state index contributed by atoms with van der Waals surface area (Å²) in [6.45, 7) is 3.79. The molecular formula is C18H21N3O3S. The molecule has 0 atom stereocenters. The van der Waals surface area contributed by atoms with Crippen LogP contribution in [0.4, 0.5) is 0 Å². The smallest absolute Gasteiger partial charge is 0.279 e. The first kappa shape index (κ1) is 17.4. The van der Waals surface area contributed by atoms with Crippen molar-refractivity contribution in [2.24, 2.45) is 4.99 Å². The second-order valence-corrected chi connectivity index (χ2v) is 7.20. The number of methoxy groups -OCH3 is 1. The van der Waals surface area contributed by atoms with Crippen molar-refractivity contribution >= 4 is 23.2 Å². The third-order valence-electron chi connectivity index (χ3n) is 4.11. The number of benzene rings is 1. The number of carbonyl (C=O) groups is 2. The van der Waals surface area contributed by atoms with Crippen molar-refractivity contribution in [2.45, 2.75) is 26.3 Å². The van der Waals surface area contributed by atoms with Crippen LogP contribution in [0.1, 0.15) is 28.1 Å². The maximum absolute atomic E-state index is 12.5. The third-order valence-corrected chi connectivity index (χ3v) is 5.05. The molecule has 0 saturated carbocycles. The quantitative estimate of drug-likeness (QED) is 0.841. The fraction of sp³-hybridized carbons (Fsp3) is 0.389. The highest BCUT2D eigenvalue weighted by atomic mass is 32.1. The van der Waals surface area contributed by atoms with Crippen molar-refractivity contribution in [1.82, 2.24) is 9.47 Å². The van der Waals surface area contributed by atoms with E-state index in [4.69, 9.17) is 4.74 Å². The summed E-state index contributed by atoms with van der Waals surface area (Å²) in [4.78, 5) is 32.5. The number of thiazole rings is 1. The first-order valence-corrected chi connectivity index (χ1v) is 9.06. The van der Waals surface area contributed by atoms with Crippen LogP contribution < -0.4 is 9.54 Å². The molecule has 1 aliphatic rings. The highest BCUT2D eigenvalue weighted by Gasteiger charge is 2.18. The van der Waals surface area contributed by atoms with Crippen LogP contribution in [0.15, 0.2) is 35.5 Å². The minimum Gasteiger partial charge on any atom is -0.497 e. The maximum atomic E-state index is 12.5. The van der Waals surface area contributed by atoms with Gasteiger partial charge in [0.2, 0.25) is 5.91 Å². The van der Waals surface area contributed by atoms with E-state index in [1.807, 2.05) is 18.0 Å². The van der Waals surface area contributed by atoms with E-state index >= 15 is 0 Å². The molecule has 2 aromatic rings. The highest BCUT2D eigenvalue weighted by Crippen LogP contribution is 2.13. The van der Waals surface area contributed by atoms with Gasteiger partial charge in [-0.15, -0.1) is 11.3 Å². The molecule has 1 saturated heterocycles. The second kappa shape index (κ2) is 7.65. The van der Waals surface area contributed by atoms with Crippen molar-refractivity contribution < 1.29 is 14.3 Å². The first-order valence-electron chi connectivity index (χ1n) is 8.24. The van der Waals surface area contributed by atoms with E-state index in [0.717, 1.165) is 30.8 Å². The zero-order valence-corrected chi connectivity index (χ0v) is 15.2. The Labute approximate surface area is 150 Å². The lowest BCUT2D eigenvalue weighted by Crippen LogP contribution is -2.33. The SMILES string of the molecule is COc1cccc(C(=O)N=c2sc(C)cn2CC(=O)N2CCCC2)c1. The first-order chi connectivity index (χ1) is 12.1. The van der Waals surface area contributed by atoms with Crippen LogP contribution in [-0.2, 0) is 11.3 Å². The summed E-state index contributed by atoms with van der Waals surface area (Å²) >= 11 is 1.41. The van der Waals surface area contributed by atoms with Crippen LogP contribution in [-0.4, -0.2) is 41.5 Å². The van der Waals surface area contributed by atoms with E-state index in [-0.39, 0.29) is 18.4 Å². The van der Waals surface area contributed by atoms with Crippen molar-refractivity contribution in [3.05, 3.63) is 45.7 Å². The predicted molar refractivity (Wildman–Crippen MR) is 95.7 cm³/mol. The van der Waals surface area contributed by atoms with Crippen molar-refractivity contribution in [3.63, 3.8) is 0 Å². The lowest BCUT2D eigenvalue weighted by molar-refractivity contribution is -0.130. The maximum Gasteiger partial charge on any atom is 0.279 e. The lowest BCUT2D eigenvalue weighted by atomic mass is 10.2. The van der Waals surface area contributed by atoms with Gasteiger partial charge in [-0.1, -0.05) is 6.07 Å². The number of ether oxygens (including phenoxy) is 1. The summed E-state index contributed by atoms with van der Waals surface area (Å²) in [6.07, 6.45) is 3.99. The molecule has 1 fully saturated rings. The molecule has 1 aromatic heterocycles. The predicted octanol–water partition coefficient (Wildman–Crippen LogP) is 2.23.